The van der Waals surface area contributed by atoms with Crippen molar-refractivity contribution >= 4 is 34.7 Å². The van der Waals surface area contributed by atoms with Crippen LogP contribution in [0.15, 0.2) is 18.2 Å². The highest BCUT2D eigenvalue weighted by Gasteiger charge is 2.46. The molecule has 19 heavy (non-hydrogen) atoms. The average Bonchev–Trinajstić information content (AvgIpc) is 2.49. The van der Waals surface area contributed by atoms with Crippen LogP contribution in [0.3, 0.4) is 0 Å². The third-order valence-electron chi connectivity index (χ3n) is 3.10. The van der Waals surface area contributed by atoms with E-state index in [9.17, 15) is 14.0 Å². The van der Waals surface area contributed by atoms with E-state index in [-0.39, 0.29) is 17.1 Å². The summed E-state index contributed by atoms with van der Waals surface area (Å²) in [4.78, 5) is 24.9. The van der Waals surface area contributed by atoms with Crippen LogP contribution in [0, 0.1) is 11.2 Å². The summed E-state index contributed by atoms with van der Waals surface area (Å²) in [5.41, 5.74) is 4.90. The molecule has 1 aromatic carbocycles. The maximum atomic E-state index is 14.0. The number of amides is 2. The Kier molecular flexibility index (Phi) is 3.14. The molecule has 2 N–H and O–H groups in total. The van der Waals surface area contributed by atoms with Crippen molar-refractivity contribution in [2.75, 3.05) is 4.90 Å². The van der Waals surface area contributed by atoms with Crippen molar-refractivity contribution in [3.8, 4) is 0 Å². The molecule has 4 nitrogen and oxygen atoms in total. The van der Waals surface area contributed by atoms with Crippen molar-refractivity contribution < 1.29 is 14.0 Å². The second-order valence-corrected chi connectivity index (χ2v) is 5.57. The lowest BCUT2D eigenvalue weighted by molar-refractivity contribution is -0.124. The van der Waals surface area contributed by atoms with Gasteiger partial charge in [0.1, 0.15) is 10.8 Å². The molecule has 6 heteroatoms. The zero-order valence-corrected chi connectivity index (χ0v) is 11.4. The van der Waals surface area contributed by atoms with Crippen LogP contribution < -0.4 is 10.6 Å². The van der Waals surface area contributed by atoms with Crippen molar-refractivity contribution in [3.05, 3.63) is 29.6 Å². The first-order valence-electron chi connectivity index (χ1n) is 5.71. The predicted octanol–water partition coefficient (Wildman–Crippen LogP) is 1.75. The number of nitrogens with zero attached hydrogens (tertiary/aromatic N) is 1. The molecule has 1 heterocycles. The standard InChI is InChI=1S/C13H13FN2O2S/c1-13(2)6-10(17)16(12(13)18)9-4-3-7(11(15)19)5-8(9)14/h3-5H,6H2,1-2H3,(H2,15,19). The Hall–Kier alpha value is -1.82. The van der Waals surface area contributed by atoms with Gasteiger partial charge in [-0.2, -0.15) is 0 Å². The Morgan fingerprint density at radius 1 is 1.42 bits per heavy atom. The molecule has 2 rings (SSSR count). The maximum Gasteiger partial charge on any atom is 0.240 e. The van der Waals surface area contributed by atoms with E-state index in [4.69, 9.17) is 18.0 Å². The molecule has 0 radical (unpaired) electrons. The summed E-state index contributed by atoms with van der Waals surface area (Å²) >= 11 is 4.75. The van der Waals surface area contributed by atoms with Gasteiger partial charge in [-0.1, -0.05) is 26.1 Å². The van der Waals surface area contributed by atoms with Crippen LogP contribution in [-0.4, -0.2) is 16.8 Å². The number of rotatable bonds is 2. The van der Waals surface area contributed by atoms with Crippen LogP contribution in [0.5, 0.6) is 0 Å². The van der Waals surface area contributed by atoms with Crippen LogP contribution >= 0.6 is 12.2 Å². The quantitative estimate of drug-likeness (QED) is 0.662. The zero-order valence-electron chi connectivity index (χ0n) is 10.6. The van der Waals surface area contributed by atoms with Gasteiger partial charge in [0.05, 0.1) is 11.1 Å². The molecule has 0 aromatic heterocycles. The molecule has 0 saturated carbocycles. The molecular formula is C13H13FN2O2S. The lowest BCUT2D eigenvalue weighted by Crippen LogP contribution is -2.33. The topological polar surface area (TPSA) is 63.4 Å². The highest BCUT2D eigenvalue weighted by Crippen LogP contribution is 2.36. The number of carbonyl (C=O) groups excluding carboxylic acids is 2. The van der Waals surface area contributed by atoms with E-state index in [0.29, 0.717) is 5.56 Å². The molecule has 1 aliphatic rings. The Balaban J connectivity index is 2.46. The number of thiocarbonyl (C=S) groups is 1. The minimum atomic E-state index is -0.800. The fraction of sp³-hybridized carbons (Fsp3) is 0.308. The summed E-state index contributed by atoms with van der Waals surface area (Å²) in [7, 11) is 0. The SMILES string of the molecule is CC1(C)CC(=O)N(c2ccc(C(N)=S)cc2F)C1=O. The zero-order chi connectivity index (χ0) is 14.4. The first kappa shape index (κ1) is 13.6. The van der Waals surface area contributed by atoms with Crippen LogP contribution in [-0.2, 0) is 9.59 Å². The van der Waals surface area contributed by atoms with Crippen molar-refractivity contribution in [1.82, 2.24) is 0 Å². The summed E-state index contributed by atoms with van der Waals surface area (Å²) in [5, 5.41) is 0. The van der Waals surface area contributed by atoms with Crippen molar-refractivity contribution in [3.63, 3.8) is 0 Å². The molecule has 2 amide bonds. The third kappa shape index (κ3) is 2.23. The lowest BCUT2D eigenvalue weighted by Gasteiger charge is -2.18. The number of carbonyl (C=O) groups is 2. The lowest BCUT2D eigenvalue weighted by atomic mass is 9.92. The highest BCUT2D eigenvalue weighted by atomic mass is 32.1. The fourth-order valence-electron chi connectivity index (χ4n) is 2.03. The van der Waals surface area contributed by atoms with Crippen LogP contribution in [0.4, 0.5) is 10.1 Å². The molecule has 1 saturated heterocycles. The maximum absolute atomic E-state index is 14.0. The largest absolute Gasteiger partial charge is 0.389 e. The van der Waals surface area contributed by atoms with Crippen molar-refractivity contribution in [2.45, 2.75) is 20.3 Å². The average molecular weight is 280 g/mol. The van der Waals surface area contributed by atoms with Gasteiger partial charge in [0.2, 0.25) is 11.8 Å². The molecule has 0 atom stereocenters. The molecule has 0 unspecified atom stereocenters. The number of hydrogen-bond donors (Lipinski definition) is 1. The molecular weight excluding hydrogens is 267 g/mol. The van der Waals surface area contributed by atoms with Crippen LogP contribution in [0.2, 0.25) is 0 Å². The Morgan fingerprint density at radius 2 is 2.05 bits per heavy atom. The first-order valence-corrected chi connectivity index (χ1v) is 6.11. The van der Waals surface area contributed by atoms with Gasteiger partial charge in [0.25, 0.3) is 0 Å². The van der Waals surface area contributed by atoms with Crippen LogP contribution in [0.25, 0.3) is 0 Å². The van der Waals surface area contributed by atoms with E-state index in [1.54, 1.807) is 13.8 Å². The number of benzene rings is 1. The molecule has 1 fully saturated rings. The van der Waals surface area contributed by atoms with Gasteiger partial charge in [0, 0.05) is 12.0 Å². The molecule has 1 aliphatic heterocycles. The van der Waals surface area contributed by atoms with Crippen molar-refractivity contribution in [1.29, 1.82) is 0 Å². The number of hydrogen-bond acceptors (Lipinski definition) is 3. The molecule has 0 bridgehead atoms. The number of imide groups is 1. The van der Waals surface area contributed by atoms with Gasteiger partial charge < -0.3 is 5.73 Å². The fourth-order valence-corrected chi connectivity index (χ4v) is 2.16. The van der Waals surface area contributed by atoms with Gasteiger partial charge in [-0.25, -0.2) is 9.29 Å². The van der Waals surface area contributed by atoms with Gasteiger partial charge in [-0.05, 0) is 18.2 Å². The summed E-state index contributed by atoms with van der Waals surface area (Å²) in [5.74, 6) is -1.50. The molecule has 0 spiro atoms. The van der Waals surface area contributed by atoms with Gasteiger partial charge >= 0.3 is 0 Å². The van der Waals surface area contributed by atoms with E-state index in [2.05, 4.69) is 0 Å². The van der Waals surface area contributed by atoms with E-state index in [1.807, 2.05) is 0 Å². The van der Waals surface area contributed by atoms with Crippen molar-refractivity contribution in [2.24, 2.45) is 11.1 Å². The first-order chi connectivity index (χ1) is 8.74. The van der Waals surface area contributed by atoms with E-state index in [0.717, 1.165) is 11.0 Å². The molecule has 100 valence electrons. The van der Waals surface area contributed by atoms with Gasteiger partial charge in [-0.3, -0.25) is 9.59 Å². The Bertz CT molecular complexity index is 598. The predicted molar refractivity (Wildman–Crippen MR) is 73.2 cm³/mol. The minimum Gasteiger partial charge on any atom is -0.389 e. The molecule has 1 aromatic rings. The monoisotopic (exact) mass is 280 g/mol. The summed E-state index contributed by atoms with van der Waals surface area (Å²) in [6.07, 6.45) is 0.0718. The normalized spacial score (nSPS) is 17.9. The number of anilines is 1. The van der Waals surface area contributed by atoms with Gasteiger partial charge in [-0.15, -0.1) is 0 Å². The van der Waals surface area contributed by atoms with E-state index >= 15 is 0 Å². The smallest absolute Gasteiger partial charge is 0.240 e. The number of nitrogens with two attached hydrogens (primary N) is 1. The van der Waals surface area contributed by atoms with E-state index < -0.39 is 23.0 Å². The third-order valence-corrected chi connectivity index (χ3v) is 3.33. The summed E-state index contributed by atoms with van der Waals surface area (Å²) in [6, 6.07) is 3.97. The Labute approximate surface area is 115 Å². The minimum absolute atomic E-state index is 0.0550. The molecule has 0 aliphatic carbocycles. The van der Waals surface area contributed by atoms with Gasteiger partial charge in [0.15, 0.2) is 0 Å². The Morgan fingerprint density at radius 3 is 2.47 bits per heavy atom. The summed E-state index contributed by atoms with van der Waals surface area (Å²) < 4.78 is 14.0. The second-order valence-electron chi connectivity index (χ2n) is 5.13. The summed E-state index contributed by atoms with van der Waals surface area (Å²) in [6.45, 7) is 3.32. The van der Waals surface area contributed by atoms with Crippen LogP contribution in [0.1, 0.15) is 25.8 Å². The number of halogens is 1. The van der Waals surface area contributed by atoms with E-state index in [1.165, 1.54) is 12.1 Å². The highest BCUT2D eigenvalue weighted by molar-refractivity contribution is 7.80. The second kappa shape index (κ2) is 4.38.